The molecule has 0 saturated carbocycles. The number of hydrogen-bond acceptors (Lipinski definition) is 6. The molecular weight excluding hydrogens is 428 g/mol. The van der Waals surface area contributed by atoms with Crippen molar-refractivity contribution in [2.45, 2.75) is 13.2 Å². The number of carbonyl (C=O) groups is 4. The summed E-state index contributed by atoms with van der Waals surface area (Å²) >= 11 is 0. The van der Waals surface area contributed by atoms with E-state index in [4.69, 9.17) is 14.3 Å². The van der Waals surface area contributed by atoms with Gasteiger partial charge in [0, 0.05) is 0 Å². The molecule has 1 fully saturated rings. The average molecular weight is 446 g/mol. The van der Waals surface area contributed by atoms with Crippen molar-refractivity contribution in [2.75, 3.05) is 0 Å². The molecule has 2 aromatic carbocycles. The largest absolute Gasteiger partial charge is 0.489 e. The molecule has 1 aliphatic heterocycles. The summed E-state index contributed by atoms with van der Waals surface area (Å²) in [5.74, 6) is -1.59. The Morgan fingerprint density at radius 1 is 1.06 bits per heavy atom. The molecule has 4 rings (SSSR count). The van der Waals surface area contributed by atoms with Gasteiger partial charge in [0.1, 0.15) is 23.7 Å². The van der Waals surface area contributed by atoms with Crippen LogP contribution >= 0.6 is 0 Å². The van der Waals surface area contributed by atoms with Gasteiger partial charge in [0.15, 0.2) is 0 Å². The van der Waals surface area contributed by atoms with Crippen molar-refractivity contribution in [3.05, 3.63) is 95.0 Å². The van der Waals surface area contributed by atoms with E-state index in [9.17, 15) is 19.2 Å². The van der Waals surface area contributed by atoms with Crippen LogP contribution in [0.5, 0.6) is 5.75 Å². The van der Waals surface area contributed by atoms with Gasteiger partial charge in [-0.05, 0) is 53.6 Å². The molecule has 1 aliphatic rings. The number of carboxylic acids is 1. The Kier molecular flexibility index (Phi) is 6.03. The molecule has 1 saturated heterocycles. The second kappa shape index (κ2) is 9.23. The van der Waals surface area contributed by atoms with Crippen LogP contribution in [-0.4, -0.2) is 33.8 Å². The van der Waals surface area contributed by atoms with E-state index in [1.807, 2.05) is 0 Å². The van der Waals surface area contributed by atoms with Crippen LogP contribution in [0.25, 0.3) is 6.08 Å². The number of imide groups is 2. The topological polar surface area (TPSA) is 126 Å². The molecule has 9 nitrogen and oxygen atoms in total. The van der Waals surface area contributed by atoms with Gasteiger partial charge >= 0.3 is 12.0 Å². The van der Waals surface area contributed by atoms with Crippen LogP contribution < -0.4 is 10.1 Å². The summed E-state index contributed by atoms with van der Waals surface area (Å²) in [6.07, 6.45) is 2.81. The molecule has 9 heteroatoms. The highest BCUT2D eigenvalue weighted by molar-refractivity contribution is 6.30. The summed E-state index contributed by atoms with van der Waals surface area (Å²) < 4.78 is 10.9. The monoisotopic (exact) mass is 446 g/mol. The van der Waals surface area contributed by atoms with Gasteiger partial charge in [-0.2, -0.15) is 0 Å². The lowest BCUT2D eigenvalue weighted by atomic mass is 10.1. The predicted octanol–water partition coefficient (Wildman–Crippen LogP) is 3.22. The predicted molar refractivity (Wildman–Crippen MR) is 115 cm³/mol. The number of aromatic carboxylic acids is 1. The van der Waals surface area contributed by atoms with Gasteiger partial charge in [0.25, 0.3) is 11.8 Å². The molecule has 33 heavy (non-hydrogen) atoms. The van der Waals surface area contributed by atoms with Gasteiger partial charge in [-0.3, -0.25) is 19.8 Å². The fourth-order valence-corrected chi connectivity index (χ4v) is 3.18. The standard InChI is InChI=1S/C24H18N2O7/c27-21-20(22(28)26(24(31)25-21)13-19-5-2-10-32-19)12-15-6-8-18(9-7-15)33-14-16-3-1-4-17(11-16)23(29)30/h1-12H,13-14H2,(H,29,30)(H,25,27,31)/b20-12+. The smallest absolute Gasteiger partial charge is 0.335 e. The molecule has 0 bridgehead atoms. The zero-order valence-corrected chi connectivity index (χ0v) is 17.2. The lowest BCUT2D eigenvalue weighted by Crippen LogP contribution is -2.53. The second-order valence-electron chi connectivity index (χ2n) is 7.15. The van der Waals surface area contributed by atoms with E-state index in [1.165, 1.54) is 24.5 Å². The van der Waals surface area contributed by atoms with Crippen molar-refractivity contribution < 1.29 is 33.4 Å². The van der Waals surface area contributed by atoms with Gasteiger partial charge < -0.3 is 14.3 Å². The van der Waals surface area contributed by atoms with Crippen molar-refractivity contribution in [1.29, 1.82) is 0 Å². The highest BCUT2D eigenvalue weighted by Crippen LogP contribution is 2.20. The summed E-state index contributed by atoms with van der Waals surface area (Å²) in [6, 6.07) is 15.5. The zero-order valence-electron chi connectivity index (χ0n) is 17.2. The molecule has 4 amide bonds. The lowest BCUT2D eigenvalue weighted by molar-refractivity contribution is -0.130. The summed E-state index contributed by atoms with van der Waals surface area (Å²) in [4.78, 5) is 49.0. The quantitative estimate of drug-likeness (QED) is 0.421. The minimum absolute atomic E-state index is 0.0991. The highest BCUT2D eigenvalue weighted by Gasteiger charge is 2.36. The van der Waals surface area contributed by atoms with Gasteiger partial charge in [0.05, 0.1) is 18.4 Å². The first-order chi connectivity index (χ1) is 15.9. The number of ether oxygens (including phenoxy) is 1. The van der Waals surface area contributed by atoms with Crippen LogP contribution in [0.2, 0.25) is 0 Å². The van der Waals surface area contributed by atoms with E-state index in [2.05, 4.69) is 5.32 Å². The molecule has 1 aromatic heterocycles. The normalized spacial score (nSPS) is 15.0. The third kappa shape index (κ3) is 4.99. The number of urea groups is 1. The minimum Gasteiger partial charge on any atom is -0.489 e. The zero-order chi connectivity index (χ0) is 23.4. The molecule has 0 spiro atoms. The number of carboxylic acid groups (broad SMARTS) is 1. The number of furan rings is 1. The molecule has 0 radical (unpaired) electrons. The maximum absolute atomic E-state index is 12.7. The van der Waals surface area contributed by atoms with Gasteiger partial charge in [0.2, 0.25) is 0 Å². The van der Waals surface area contributed by atoms with Crippen molar-refractivity contribution in [3.8, 4) is 5.75 Å². The fourth-order valence-electron chi connectivity index (χ4n) is 3.18. The molecular formula is C24H18N2O7. The minimum atomic E-state index is -1.01. The Labute approximate surface area is 187 Å². The number of nitrogens with one attached hydrogen (secondary N) is 1. The summed E-state index contributed by atoms with van der Waals surface area (Å²) in [6.45, 7) is 0.0739. The van der Waals surface area contributed by atoms with E-state index in [0.29, 0.717) is 22.6 Å². The van der Waals surface area contributed by atoms with E-state index >= 15 is 0 Å². The first kappa shape index (κ1) is 21.6. The molecule has 2 N–H and O–H groups in total. The first-order valence-electron chi connectivity index (χ1n) is 9.87. The SMILES string of the molecule is O=C1NC(=O)N(Cc2ccco2)C(=O)/C1=C/c1ccc(OCc2cccc(C(=O)O)c2)cc1. The number of benzene rings is 2. The Morgan fingerprint density at radius 2 is 1.85 bits per heavy atom. The number of carbonyl (C=O) groups excluding carboxylic acids is 3. The fraction of sp³-hybridized carbons (Fsp3) is 0.0833. The first-order valence-corrected chi connectivity index (χ1v) is 9.87. The maximum atomic E-state index is 12.7. The van der Waals surface area contributed by atoms with Gasteiger partial charge in [-0.15, -0.1) is 0 Å². The van der Waals surface area contributed by atoms with Crippen molar-refractivity contribution >= 4 is 29.9 Å². The van der Waals surface area contributed by atoms with Crippen molar-refractivity contribution in [1.82, 2.24) is 10.2 Å². The molecule has 3 aromatic rings. The van der Waals surface area contributed by atoms with Crippen LogP contribution in [0.1, 0.15) is 27.2 Å². The van der Waals surface area contributed by atoms with Crippen LogP contribution in [0.15, 0.2) is 76.9 Å². The molecule has 0 unspecified atom stereocenters. The lowest BCUT2D eigenvalue weighted by Gasteiger charge is -2.25. The number of hydrogen-bond donors (Lipinski definition) is 2. The maximum Gasteiger partial charge on any atom is 0.335 e. The number of amides is 4. The number of rotatable bonds is 7. The molecule has 0 atom stereocenters. The number of barbiturate groups is 1. The Morgan fingerprint density at radius 3 is 2.55 bits per heavy atom. The Balaban J connectivity index is 1.45. The molecule has 2 heterocycles. The van der Waals surface area contributed by atoms with Crippen molar-refractivity contribution in [3.63, 3.8) is 0 Å². The third-order valence-corrected chi connectivity index (χ3v) is 4.85. The van der Waals surface area contributed by atoms with E-state index < -0.39 is 23.8 Å². The molecule has 166 valence electrons. The summed E-state index contributed by atoms with van der Waals surface area (Å²) in [5, 5.41) is 11.2. The van der Waals surface area contributed by atoms with Crippen LogP contribution in [0.4, 0.5) is 4.79 Å². The third-order valence-electron chi connectivity index (χ3n) is 4.85. The highest BCUT2D eigenvalue weighted by atomic mass is 16.5. The van der Waals surface area contributed by atoms with Crippen molar-refractivity contribution in [2.24, 2.45) is 0 Å². The van der Waals surface area contributed by atoms with E-state index in [-0.39, 0.29) is 24.3 Å². The summed E-state index contributed by atoms with van der Waals surface area (Å²) in [7, 11) is 0. The van der Waals surface area contributed by atoms with Gasteiger partial charge in [-0.25, -0.2) is 9.59 Å². The summed E-state index contributed by atoms with van der Waals surface area (Å²) in [5.41, 5.74) is 1.25. The van der Waals surface area contributed by atoms with E-state index in [1.54, 1.807) is 48.5 Å². The average Bonchev–Trinajstić information content (AvgIpc) is 3.32. The van der Waals surface area contributed by atoms with E-state index in [0.717, 1.165) is 4.90 Å². The van der Waals surface area contributed by atoms with Crippen LogP contribution in [0, 0.1) is 0 Å². The van der Waals surface area contributed by atoms with Gasteiger partial charge in [-0.1, -0.05) is 24.3 Å². The van der Waals surface area contributed by atoms with Crippen LogP contribution in [0.3, 0.4) is 0 Å². The number of nitrogens with zero attached hydrogens (tertiary/aromatic N) is 1. The molecule has 0 aliphatic carbocycles. The second-order valence-corrected chi connectivity index (χ2v) is 7.15. The van der Waals surface area contributed by atoms with Crippen LogP contribution in [-0.2, 0) is 22.7 Å². The Hall–Kier alpha value is -4.66. The Bertz CT molecular complexity index is 1240.